The predicted octanol–water partition coefficient (Wildman–Crippen LogP) is 1.66. The Morgan fingerprint density at radius 2 is 2.20 bits per heavy atom. The van der Waals surface area contributed by atoms with Crippen LogP contribution in [0.25, 0.3) is 0 Å². The molecule has 0 atom stereocenters. The molecule has 0 amide bonds. The SMILES string of the molecule is COc1ccc(CN(CCO)CC(F)F)cc1[N+](=O)[O-]. The lowest BCUT2D eigenvalue weighted by molar-refractivity contribution is -0.385. The average Bonchev–Trinajstić information content (AvgIpc) is 2.38. The summed E-state index contributed by atoms with van der Waals surface area (Å²) in [6.45, 7) is -0.592. The zero-order chi connectivity index (χ0) is 15.1. The van der Waals surface area contributed by atoms with E-state index in [2.05, 4.69) is 0 Å². The molecule has 0 bridgehead atoms. The maximum Gasteiger partial charge on any atom is 0.311 e. The third-order valence-corrected chi connectivity index (χ3v) is 2.66. The molecular formula is C12H16F2N2O4. The normalized spacial score (nSPS) is 11.1. The number of halogens is 2. The van der Waals surface area contributed by atoms with Crippen molar-refractivity contribution in [2.45, 2.75) is 13.0 Å². The van der Waals surface area contributed by atoms with E-state index in [1.165, 1.54) is 24.1 Å². The summed E-state index contributed by atoms with van der Waals surface area (Å²) < 4.78 is 29.6. The van der Waals surface area contributed by atoms with E-state index in [4.69, 9.17) is 9.84 Å². The Morgan fingerprint density at radius 3 is 2.70 bits per heavy atom. The van der Waals surface area contributed by atoms with Crippen molar-refractivity contribution >= 4 is 5.69 Å². The van der Waals surface area contributed by atoms with E-state index in [9.17, 15) is 18.9 Å². The third-order valence-electron chi connectivity index (χ3n) is 2.66. The maximum absolute atomic E-state index is 12.4. The minimum Gasteiger partial charge on any atom is -0.490 e. The summed E-state index contributed by atoms with van der Waals surface area (Å²) in [6.07, 6.45) is -2.53. The van der Waals surface area contributed by atoms with Gasteiger partial charge >= 0.3 is 5.69 Å². The van der Waals surface area contributed by atoms with E-state index in [0.29, 0.717) is 5.56 Å². The Balaban J connectivity index is 2.89. The van der Waals surface area contributed by atoms with E-state index >= 15 is 0 Å². The van der Waals surface area contributed by atoms with E-state index in [1.54, 1.807) is 6.07 Å². The highest BCUT2D eigenvalue weighted by Crippen LogP contribution is 2.28. The van der Waals surface area contributed by atoms with E-state index < -0.39 is 17.9 Å². The fraction of sp³-hybridized carbons (Fsp3) is 0.500. The number of benzene rings is 1. The van der Waals surface area contributed by atoms with Gasteiger partial charge in [0.25, 0.3) is 6.43 Å². The second-order valence-corrected chi connectivity index (χ2v) is 4.11. The molecule has 0 aliphatic rings. The highest BCUT2D eigenvalue weighted by molar-refractivity contribution is 5.48. The van der Waals surface area contributed by atoms with Gasteiger partial charge in [0, 0.05) is 19.2 Å². The second kappa shape index (κ2) is 7.71. The molecule has 1 aromatic rings. The number of hydrogen-bond donors (Lipinski definition) is 1. The summed E-state index contributed by atoms with van der Waals surface area (Å²) in [7, 11) is 1.32. The van der Waals surface area contributed by atoms with Crippen molar-refractivity contribution in [2.75, 3.05) is 26.8 Å². The summed E-state index contributed by atoms with van der Waals surface area (Å²) in [5, 5.41) is 19.7. The summed E-state index contributed by atoms with van der Waals surface area (Å²) >= 11 is 0. The van der Waals surface area contributed by atoms with Crippen molar-refractivity contribution in [3.05, 3.63) is 33.9 Å². The quantitative estimate of drug-likeness (QED) is 0.582. The van der Waals surface area contributed by atoms with Gasteiger partial charge in [-0.1, -0.05) is 6.07 Å². The summed E-state index contributed by atoms with van der Waals surface area (Å²) in [6, 6.07) is 4.28. The number of alkyl halides is 2. The molecule has 0 radical (unpaired) electrons. The molecule has 1 N–H and O–H groups in total. The molecule has 0 spiro atoms. The van der Waals surface area contributed by atoms with Gasteiger partial charge in [-0.25, -0.2) is 8.78 Å². The summed E-state index contributed by atoms with van der Waals surface area (Å²) in [5.41, 5.74) is 0.289. The zero-order valence-corrected chi connectivity index (χ0v) is 11.0. The highest BCUT2D eigenvalue weighted by atomic mass is 19.3. The van der Waals surface area contributed by atoms with Gasteiger partial charge in [0.15, 0.2) is 5.75 Å². The highest BCUT2D eigenvalue weighted by Gasteiger charge is 2.17. The lowest BCUT2D eigenvalue weighted by atomic mass is 10.1. The minimum atomic E-state index is -2.53. The monoisotopic (exact) mass is 290 g/mol. The van der Waals surface area contributed by atoms with Crippen LogP contribution in [0.15, 0.2) is 18.2 Å². The molecule has 0 aromatic heterocycles. The molecule has 20 heavy (non-hydrogen) atoms. The number of methoxy groups -OCH3 is 1. The lowest BCUT2D eigenvalue weighted by Gasteiger charge is -2.20. The number of hydrogen-bond acceptors (Lipinski definition) is 5. The second-order valence-electron chi connectivity index (χ2n) is 4.11. The number of nitro groups is 1. The standard InChI is InChI=1S/C12H16F2N2O4/c1-20-11-3-2-9(6-10(11)16(18)19)7-15(4-5-17)8-12(13)14/h2-3,6,12,17H,4-5,7-8H2,1H3. The van der Waals surface area contributed by atoms with Gasteiger partial charge in [-0.05, 0) is 11.6 Å². The van der Waals surface area contributed by atoms with Gasteiger partial charge in [-0.3, -0.25) is 15.0 Å². The predicted molar refractivity (Wildman–Crippen MR) is 68.0 cm³/mol. The van der Waals surface area contributed by atoms with Crippen molar-refractivity contribution in [3.63, 3.8) is 0 Å². The molecule has 6 nitrogen and oxygen atoms in total. The van der Waals surface area contributed by atoms with Crippen LogP contribution in [0.1, 0.15) is 5.56 Å². The first-order chi connectivity index (χ1) is 9.47. The molecule has 0 heterocycles. The number of ether oxygens (including phenoxy) is 1. The molecule has 0 saturated carbocycles. The van der Waals surface area contributed by atoms with Gasteiger partial charge in [-0.2, -0.15) is 0 Å². The Bertz CT molecular complexity index is 457. The number of nitrogens with zero attached hydrogens (tertiary/aromatic N) is 2. The van der Waals surface area contributed by atoms with Gasteiger partial charge in [0.1, 0.15) is 0 Å². The van der Waals surface area contributed by atoms with Crippen LogP contribution in [0.3, 0.4) is 0 Å². The van der Waals surface area contributed by atoms with Crippen LogP contribution in [-0.2, 0) is 6.54 Å². The molecule has 1 aromatic carbocycles. The summed E-state index contributed by atoms with van der Waals surface area (Å²) in [5.74, 6) is 0.112. The number of rotatable bonds is 8. The molecule has 112 valence electrons. The largest absolute Gasteiger partial charge is 0.490 e. The Kier molecular flexibility index (Phi) is 6.26. The molecule has 0 unspecified atom stereocenters. The van der Waals surface area contributed by atoms with Crippen LogP contribution in [-0.4, -0.2) is 48.2 Å². The van der Waals surface area contributed by atoms with Crippen LogP contribution < -0.4 is 4.74 Å². The molecular weight excluding hydrogens is 274 g/mol. The van der Waals surface area contributed by atoms with Crippen molar-refractivity contribution < 1.29 is 23.5 Å². The molecule has 0 aliphatic heterocycles. The zero-order valence-electron chi connectivity index (χ0n) is 11.0. The Morgan fingerprint density at radius 1 is 1.50 bits per heavy atom. The van der Waals surface area contributed by atoms with Gasteiger partial charge in [0.05, 0.1) is 25.2 Å². The average molecular weight is 290 g/mol. The fourth-order valence-electron chi connectivity index (χ4n) is 1.81. The van der Waals surface area contributed by atoms with Crippen molar-refractivity contribution in [3.8, 4) is 5.75 Å². The first-order valence-corrected chi connectivity index (χ1v) is 5.90. The van der Waals surface area contributed by atoms with Gasteiger partial charge in [0.2, 0.25) is 0 Å². The summed E-state index contributed by atoms with van der Waals surface area (Å²) in [4.78, 5) is 11.6. The van der Waals surface area contributed by atoms with E-state index in [1.807, 2.05) is 0 Å². The third kappa shape index (κ3) is 4.71. The minimum absolute atomic E-state index is 0.0736. The molecule has 0 saturated heterocycles. The molecule has 1 rings (SSSR count). The van der Waals surface area contributed by atoms with Crippen LogP contribution in [0, 0.1) is 10.1 Å². The van der Waals surface area contributed by atoms with Crippen molar-refractivity contribution in [1.29, 1.82) is 0 Å². The fourth-order valence-corrected chi connectivity index (χ4v) is 1.81. The van der Waals surface area contributed by atoms with E-state index in [0.717, 1.165) is 0 Å². The van der Waals surface area contributed by atoms with Crippen molar-refractivity contribution in [2.24, 2.45) is 0 Å². The number of nitro benzene ring substituents is 1. The maximum atomic E-state index is 12.4. The van der Waals surface area contributed by atoms with Crippen LogP contribution in [0.4, 0.5) is 14.5 Å². The van der Waals surface area contributed by atoms with Gasteiger partial charge < -0.3 is 9.84 Å². The molecule has 0 fully saturated rings. The molecule has 8 heteroatoms. The first kappa shape index (κ1) is 16.3. The topological polar surface area (TPSA) is 75.8 Å². The Labute approximate surface area is 114 Å². The van der Waals surface area contributed by atoms with Crippen LogP contribution in [0.5, 0.6) is 5.75 Å². The number of aliphatic hydroxyl groups excluding tert-OH is 1. The molecule has 0 aliphatic carbocycles. The van der Waals surface area contributed by atoms with Crippen molar-refractivity contribution in [1.82, 2.24) is 4.90 Å². The van der Waals surface area contributed by atoms with Gasteiger partial charge in [-0.15, -0.1) is 0 Å². The van der Waals surface area contributed by atoms with Crippen LogP contribution in [0.2, 0.25) is 0 Å². The Hall–Kier alpha value is -1.80. The van der Waals surface area contributed by atoms with Crippen LogP contribution >= 0.6 is 0 Å². The smallest absolute Gasteiger partial charge is 0.311 e. The van der Waals surface area contributed by atoms with E-state index in [-0.39, 0.29) is 31.1 Å². The first-order valence-electron chi connectivity index (χ1n) is 5.90. The lowest BCUT2D eigenvalue weighted by Crippen LogP contribution is -2.31. The number of aliphatic hydroxyl groups is 1.